The van der Waals surface area contributed by atoms with Crippen molar-refractivity contribution in [3.8, 4) is 5.75 Å². The molecule has 1 fully saturated rings. The summed E-state index contributed by atoms with van der Waals surface area (Å²) in [6.07, 6.45) is 3.37. The summed E-state index contributed by atoms with van der Waals surface area (Å²) in [7, 11) is 0. The molecule has 182 valence electrons. The van der Waals surface area contributed by atoms with Gasteiger partial charge in [0.25, 0.3) is 0 Å². The topological polar surface area (TPSA) is 97.8 Å². The molecule has 2 heterocycles. The first-order valence-corrected chi connectivity index (χ1v) is 12.2. The van der Waals surface area contributed by atoms with Gasteiger partial charge in [-0.2, -0.15) is 0 Å². The third-order valence-electron chi connectivity index (χ3n) is 6.59. The van der Waals surface area contributed by atoms with Crippen molar-refractivity contribution in [1.29, 1.82) is 0 Å². The van der Waals surface area contributed by atoms with E-state index in [9.17, 15) is 15.0 Å². The molecule has 1 atom stereocenters. The van der Waals surface area contributed by atoms with Gasteiger partial charge in [0.1, 0.15) is 5.75 Å². The Morgan fingerprint density at radius 1 is 1.06 bits per heavy atom. The summed E-state index contributed by atoms with van der Waals surface area (Å²) in [4.78, 5) is 16.7. The number of H-pyrrole nitrogens is 1. The number of nitrogens with one attached hydrogen (secondary N) is 2. The van der Waals surface area contributed by atoms with Crippen LogP contribution in [0.3, 0.4) is 0 Å². The number of hydrogen-bond donors (Lipinski definition) is 4. The second-order valence-electron chi connectivity index (χ2n) is 9.03. The van der Waals surface area contributed by atoms with Crippen LogP contribution in [0.25, 0.3) is 10.9 Å². The highest BCUT2D eigenvalue weighted by molar-refractivity contribution is 5.87. The van der Waals surface area contributed by atoms with E-state index in [1.165, 1.54) is 17.7 Å². The fourth-order valence-corrected chi connectivity index (χ4v) is 4.63. The van der Waals surface area contributed by atoms with Gasteiger partial charge >= 0.3 is 0 Å². The smallest absolute Gasteiger partial charge is 0.248 e. The van der Waals surface area contributed by atoms with Crippen LogP contribution in [0.4, 0.5) is 0 Å². The van der Waals surface area contributed by atoms with Gasteiger partial charge in [0.2, 0.25) is 5.56 Å². The molecule has 1 aliphatic heterocycles. The number of benzene rings is 2. The molecule has 0 radical (unpaired) electrons. The van der Waals surface area contributed by atoms with Crippen molar-refractivity contribution >= 4 is 10.9 Å². The molecule has 0 saturated carbocycles. The maximum atomic E-state index is 11.6. The Hall–Kier alpha value is -2.71. The highest BCUT2D eigenvalue weighted by Crippen LogP contribution is 2.28. The molecule has 0 spiro atoms. The van der Waals surface area contributed by atoms with E-state index in [4.69, 9.17) is 4.74 Å². The van der Waals surface area contributed by atoms with Gasteiger partial charge < -0.3 is 30.2 Å². The lowest BCUT2D eigenvalue weighted by atomic mass is 10.0. The Morgan fingerprint density at radius 3 is 2.65 bits per heavy atom. The van der Waals surface area contributed by atoms with E-state index < -0.39 is 6.10 Å². The Kier molecular flexibility index (Phi) is 8.71. The van der Waals surface area contributed by atoms with E-state index in [1.54, 1.807) is 12.1 Å². The standard InChI is InChI=1S/C27H35N3O4/c31-24-9-7-22(23-8-10-26(33)29-27(23)24)25(32)19-28-21-11-15-30(16-12-21)14-4-17-34-18-13-20-5-2-1-3-6-20/h1-3,5-10,21,25,28,31-32H,4,11-19H2,(H,29,33). The molecule has 2 aromatic carbocycles. The van der Waals surface area contributed by atoms with Crippen molar-refractivity contribution in [2.45, 2.75) is 37.8 Å². The quantitative estimate of drug-likeness (QED) is 0.325. The first kappa shape index (κ1) is 24.4. The molecule has 1 saturated heterocycles. The zero-order valence-electron chi connectivity index (χ0n) is 19.6. The first-order chi connectivity index (χ1) is 16.6. The van der Waals surface area contributed by atoms with Gasteiger partial charge in [0.15, 0.2) is 0 Å². The highest BCUT2D eigenvalue weighted by Gasteiger charge is 2.20. The van der Waals surface area contributed by atoms with Gasteiger partial charge in [-0.05, 0) is 62.0 Å². The number of nitrogens with zero attached hydrogens (tertiary/aromatic N) is 1. The lowest BCUT2D eigenvalue weighted by Gasteiger charge is -2.33. The van der Waals surface area contributed by atoms with Gasteiger partial charge in [0, 0.05) is 37.2 Å². The summed E-state index contributed by atoms with van der Waals surface area (Å²) < 4.78 is 5.80. The van der Waals surface area contributed by atoms with Gasteiger partial charge in [-0.25, -0.2) is 0 Å². The number of fused-ring (bicyclic) bond motifs is 1. The molecular formula is C27H35N3O4. The summed E-state index contributed by atoms with van der Waals surface area (Å²) in [5, 5.41) is 24.9. The number of aliphatic hydroxyl groups excluding tert-OH is 1. The Labute approximate surface area is 200 Å². The normalized spacial score (nSPS) is 16.1. The number of aliphatic hydroxyl groups is 1. The SMILES string of the molecule is O=c1ccc2c(C(O)CNC3CCN(CCCOCCc4ccccc4)CC3)ccc(O)c2[nH]1. The molecule has 1 unspecified atom stereocenters. The van der Waals surface area contributed by atoms with E-state index in [0.717, 1.165) is 58.5 Å². The monoisotopic (exact) mass is 465 g/mol. The lowest BCUT2D eigenvalue weighted by Crippen LogP contribution is -2.44. The minimum Gasteiger partial charge on any atom is -0.506 e. The molecule has 3 aromatic rings. The van der Waals surface area contributed by atoms with E-state index in [2.05, 4.69) is 39.5 Å². The predicted octanol–water partition coefficient (Wildman–Crippen LogP) is 2.97. The van der Waals surface area contributed by atoms with Crippen molar-refractivity contribution in [2.24, 2.45) is 0 Å². The number of aromatic hydroxyl groups is 1. The average Bonchev–Trinajstić information content (AvgIpc) is 2.86. The Balaban J connectivity index is 1.13. The fourth-order valence-electron chi connectivity index (χ4n) is 4.63. The molecule has 4 rings (SSSR count). The molecule has 0 aliphatic carbocycles. The zero-order valence-corrected chi connectivity index (χ0v) is 19.6. The summed E-state index contributed by atoms with van der Waals surface area (Å²) in [5.74, 6) is 0.00516. The van der Waals surface area contributed by atoms with Crippen molar-refractivity contribution in [3.63, 3.8) is 0 Å². The van der Waals surface area contributed by atoms with Crippen LogP contribution in [-0.2, 0) is 11.2 Å². The van der Waals surface area contributed by atoms with Crippen LogP contribution in [0.2, 0.25) is 0 Å². The summed E-state index contributed by atoms with van der Waals surface area (Å²) in [6, 6.07) is 17.1. The Morgan fingerprint density at radius 2 is 1.85 bits per heavy atom. The number of hydrogen-bond acceptors (Lipinski definition) is 6. The van der Waals surface area contributed by atoms with Crippen molar-refractivity contribution in [1.82, 2.24) is 15.2 Å². The second-order valence-corrected chi connectivity index (χ2v) is 9.03. The summed E-state index contributed by atoms with van der Waals surface area (Å²) >= 11 is 0. The van der Waals surface area contributed by atoms with E-state index >= 15 is 0 Å². The van der Waals surface area contributed by atoms with Gasteiger partial charge in [-0.1, -0.05) is 36.4 Å². The van der Waals surface area contributed by atoms with Crippen LogP contribution in [0, 0.1) is 0 Å². The van der Waals surface area contributed by atoms with E-state index in [-0.39, 0.29) is 11.3 Å². The van der Waals surface area contributed by atoms with E-state index in [0.29, 0.717) is 29.1 Å². The number of aromatic nitrogens is 1. The maximum absolute atomic E-state index is 11.6. The highest BCUT2D eigenvalue weighted by atomic mass is 16.5. The minimum absolute atomic E-state index is 0.00516. The van der Waals surface area contributed by atoms with Gasteiger partial charge in [0.05, 0.1) is 18.2 Å². The number of rotatable bonds is 11. The number of ether oxygens (including phenoxy) is 1. The molecular weight excluding hydrogens is 430 g/mol. The molecule has 0 bridgehead atoms. The predicted molar refractivity (Wildman–Crippen MR) is 134 cm³/mol. The van der Waals surface area contributed by atoms with Crippen LogP contribution in [0.5, 0.6) is 5.75 Å². The number of piperidine rings is 1. The van der Waals surface area contributed by atoms with Gasteiger partial charge in [-0.3, -0.25) is 4.79 Å². The number of phenols is 1. The van der Waals surface area contributed by atoms with E-state index in [1.807, 2.05) is 6.07 Å². The molecule has 7 nitrogen and oxygen atoms in total. The zero-order chi connectivity index (χ0) is 23.8. The van der Waals surface area contributed by atoms with Crippen LogP contribution in [0.1, 0.15) is 36.5 Å². The fraction of sp³-hybridized carbons (Fsp3) is 0.444. The van der Waals surface area contributed by atoms with Crippen molar-refractivity contribution in [3.05, 3.63) is 76.1 Å². The van der Waals surface area contributed by atoms with Crippen molar-refractivity contribution < 1.29 is 14.9 Å². The summed E-state index contributed by atoms with van der Waals surface area (Å²) in [5.41, 5.74) is 2.09. The third kappa shape index (κ3) is 6.67. The number of phenolic OH excluding ortho intramolecular Hbond substituents is 1. The molecule has 34 heavy (non-hydrogen) atoms. The second kappa shape index (κ2) is 12.1. The lowest BCUT2D eigenvalue weighted by molar-refractivity contribution is 0.113. The summed E-state index contributed by atoms with van der Waals surface area (Å²) in [6.45, 7) is 5.13. The molecule has 4 N–H and O–H groups in total. The van der Waals surface area contributed by atoms with Crippen LogP contribution < -0.4 is 10.9 Å². The van der Waals surface area contributed by atoms with Crippen molar-refractivity contribution in [2.75, 3.05) is 39.4 Å². The van der Waals surface area contributed by atoms with Crippen LogP contribution >= 0.6 is 0 Å². The molecule has 0 amide bonds. The molecule has 1 aliphatic rings. The molecule has 1 aromatic heterocycles. The third-order valence-corrected chi connectivity index (χ3v) is 6.59. The molecule has 7 heteroatoms. The Bertz CT molecular complexity index is 1090. The maximum Gasteiger partial charge on any atom is 0.248 e. The minimum atomic E-state index is -0.722. The number of pyridine rings is 1. The average molecular weight is 466 g/mol. The first-order valence-electron chi connectivity index (χ1n) is 12.2. The van der Waals surface area contributed by atoms with Crippen LogP contribution in [-0.4, -0.2) is 65.5 Å². The number of likely N-dealkylation sites (tertiary alicyclic amines) is 1. The van der Waals surface area contributed by atoms with Crippen LogP contribution in [0.15, 0.2) is 59.4 Å². The number of aromatic amines is 1. The van der Waals surface area contributed by atoms with Gasteiger partial charge in [-0.15, -0.1) is 0 Å². The largest absolute Gasteiger partial charge is 0.506 e.